The topological polar surface area (TPSA) is 90.9 Å². The minimum absolute atomic E-state index is 0.0101. The Morgan fingerprint density at radius 1 is 1.13 bits per heavy atom. The number of anilines is 1. The Balaban J connectivity index is 1.61. The van der Waals surface area contributed by atoms with E-state index in [0.29, 0.717) is 0 Å². The SMILES string of the molecule is O=C(COc1ccccc1C(=O)O[C@H]1CCOC1=O)Nc1cccc(C(F)(F)F)c1. The summed E-state index contributed by atoms with van der Waals surface area (Å²) >= 11 is 0. The second-order valence-electron chi connectivity index (χ2n) is 6.26. The van der Waals surface area contributed by atoms with Crippen molar-refractivity contribution in [3.05, 3.63) is 59.7 Å². The van der Waals surface area contributed by atoms with Crippen LogP contribution in [0.4, 0.5) is 18.9 Å². The number of para-hydroxylation sites is 1. The molecule has 0 radical (unpaired) electrons. The maximum Gasteiger partial charge on any atom is 0.416 e. The number of halogens is 3. The summed E-state index contributed by atoms with van der Waals surface area (Å²) in [5.41, 5.74) is -0.963. The Morgan fingerprint density at radius 3 is 2.60 bits per heavy atom. The van der Waals surface area contributed by atoms with Gasteiger partial charge in [-0.3, -0.25) is 4.79 Å². The molecule has 158 valence electrons. The third-order valence-corrected chi connectivity index (χ3v) is 4.08. The molecule has 0 unspecified atom stereocenters. The molecule has 1 aliphatic rings. The van der Waals surface area contributed by atoms with Gasteiger partial charge in [0.15, 0.2) is 6.61 Å². The first-order valence-electron chi connectivity index (χ1n) is 8.80. The van der Waals surface area contributed by atoms with Crippen molar-refractivity contribution in [2.24, 2.45) is 0 Å². The molecular weight excluding hydrogens is 407 g/mol. The molecule has 0 aromatic heterocycles. The van der Waals surface area contributed by atoms with E-state index < -0.39 is 42.3 Å². The first-order chi connectivity index (χ1) is 14.2. The molecule has 1 heterocycles. The average molecular weight is 423 g/mol. The highest BCUT2D eigenvalue weighted by Gasteiger charge is 2.32. The fraction of sp³-hybridized carbons (Fsp3) is 0.250. The zero-order valence-electron chi connectivity index (χ0n) is 15.4. The van der Waals surface area contributed by atoms with Crippen LogP contribution in [0, 0.1) is 0 Å². The molecule has 0 bridgehead atoms. The van der Waals surface area contributed by atoms with Crippen molar-refractivity contribution in [2.75, 3.05) is 18.5 Å². The number of alkyl halides is 3. The third kappa shape index (κ3) is 5.28. The van der Waals surface area contributed by atoms with E-state index in [1.807, 2.05) is 0 Å². The monoisotopic (exact) mass is 423 g/mol. The van der Waals surface area contributed by atoms with Crippen LogP contribution in [0.5, 0.6) is 5.75 Å². The summed E-state index contributed by atoms with van der Waals surface area (Å²) in [6.07, 6.45) is -5.30. The lowest BCUT2D eigenvalue weighted by atomic mass is 10.2. The van der Waals surface area contributed by atoms with Crippen LogP contribution in [0.3, 0.4) is 0 Å². The van der Waals surface area contributed by atoms with Crippen LogP contribution >= 0.6 is 0 Å². The first kappa shape index (κ1) is 21.2. The van der Waals surface area contributed by atoms with Crippen molar-refractivity contribution in [2.45, 2.75) is 18.7 Å². The highest BCUT2D eigenvalue weighted by molar-refractivity contribution is 5.95. The zero-order chi connectivity index (χ0) is 21.7. The van der Waals surface area contributed by atoms with Gasteiger partial charge in [0.05, 0.1) is 12.2 Å². The molecule has 0 spiro atoms. The normalized spacial score (nSPS) is 16.0. The van der Waals surface area contributed by atoms with Gasteiger partial charge >= 0.3 is 18.1 Å². The molecule has 0 saturated carbocycles. The smallest absolute Gasteiger partial charge is 0.416 e. The van der Waals surface area contributed by atoms with Crippen molar-refractivity contribution < 1.29 is 41.8 Å². The van der Waals surface area contributed by atoms with E-state index in [4.69, 9.17) is 14.2 Å². The molecular formula is C20H16F3NO6. The van der Waals surface area contributed by atoms with Crippen LogP contribution in [0.15, 0.2) is 48.5 Å². The van der Waals surface area contributed by atoms with E-state index in [1.165, 1.54) is 24.3 Å². The number of carbonyl (C=O) groups is 3. The van der Waals surface area contributed by atoms with E-state index in [0.717, 1.165) is 12.1 Å². The van der Waals surface area contributed by atoms with E-state index in [2.05, 4.69) is 5.32 Å². The largest absolute Gasteiger partial charge is 0.483 e. The molecule has 3 rings (SSSR count). The number of benzene rings is 2. The Labute approximate surface area is 168 Å². The highest BCUT2D eigenvalue weighted by Crippen LogP contribution is 2.30. The van der Waals surface area contributed by atoms with Crippen molar-refractivity contribution in [3.63, 3.8) is 0 Å². The van der Waals surface area contributed by atoms with Crippen LogP contribution in [-0.2, 0) is 25.2 Å². The lowest BCUT2D eigenvalue weighted by Crippen LogP contribution is -2.24. The Bertz CT molecular complexity index is 960. The molecule has 0 aliphatic carbocycles. The number of amides is 1. The first-order valence-corrected chi connectivity index (χ1v) is 8.80. The molecule has 10 heteroatoms. The minimum Gasteiger partial charge on any atom is -0.483 e. The van der Waals surface area contributed by atoms with Gasteiger partial charge in [-0.1, -0.05) is 18.2 Å². The molecule has 30 heavy (non-hydrogen) atoms. The van der Waals surface area contributed by atoms with Crippen molar-refractivity contribution in [1.82, 2.24) is 0 Å². The van der Waals surface area contributed by atoms with Crippen LogP contribution in [0.25, 0.3) is 0 Å². The summed E-state index contributed by atoms with van der Waals surface area (Å²) in [6.45, 7) is -0.406. The summed E-state index contributed by atoms with van der Waals surface area (Å²) in [6, 6.07) is 10.1. The summed E-state index contributed by atoms with van der Waals surface area (Å²) < 4.78 is 53.4. The number of nitrogens with one attached hydrogen (secondary N) is 1. The van der Waals surface area contributed by atoms with Gasteiger partial charge in [-0.2, -0.15) is 13.2 Å². The zero-order valence-corrected chi connectivity index (χ0v) is 15.4. The molecule has 2 aromatic carbocycles. The number of ether oxygens (including phenoxy) is 3. The molecule has 1 aliphatic heterocycles. The van der Waals surface area contributed by atoms with Gasteiger partial charge in [-0.05, 0) is 30.3 Å². The molecule has 1 amide bonds. The van der Waals surface area contributed by atoms with E-state index in [-0.39, 0.29) is 30.0 Å². The van der Waals surface area contributed by atoms with Gasteiger partial charge in [0.2, 0.25) is 6.10 Å². The number of esters is 2. The minimum atomic E-state index is -4.54. The third-order valence-electron chi connectivity index (χ3n) is 4.08. The molecule has 1 atom stereocenters. The standard InChI is InChI=1S/C20H16F3NO6/c21-20(22,23)12-4-3-5-13(10-12)24-17(25)11-29-15-7-2-1-6-14(15)18(26)30-16-8-9-28-19(16)27/h1-7,10,16H,8-9,11H2,(H,24,25)/t16-/m0/s1. The number of hydrogen-bond acceptors (Lipinski definition) is 6. The fourth-order valence-electron chi connectivity index (χ4n) is 2.65. The fourth-order valence-corrected chi connectivity index (χ4v) is 2.65. The highest BCUT2D eigenvalue weighted by atomic mass is 19.4. The van der Waals surface area contributed by atoms with Crippen molar-refractivity contribution >= 4 is 23.5 Å². The predicted molar refractivity (Wildman–Crippen MR) is 96.8 cm³/mol. The molecule has 2 aromatic rings. The van der Waals surface area contributed by atoms with Gasteiger partial charge in [0, 0.05) is 12.1 Å². The van der Waals surface area contributed by atoms with Crippen molar-refractivity contribution in [1.29, 1.82) is 0 Å². The van der Waals surface area contributed by atoms with Gasteiger partial charge in [-0.25, -0.2) is 9.59 Å². The number of hydrogen-bond donors (Lipinski definition) is 1. The second kappa shape index (κ2) is 8.85. The summed E-state index contributed by atoms with van der Waals surface area (Å²) in [4.78, 5) is 35.8. The summed E-state index contributed by atoms with van der Waals surface area (Å²) in [7, 11) is 0. The summed E-state index contributed by atoms with van der Waals surface area (Å²) in [5, 5.41) is 2.30. The van der Waals surface area contributed by atoms with E-state index >= 15 is 0 Å². The Morgan fingerprint density at radius 2 is 1.90 bits per heavy atom. The van der Waals surface area contributed by atoms with Crippen molar-refractivity contribution in [3.8, 4) is 5.75 Å². The quantitative estimate of drug-likeness (QED) is 0.718. The van der Waals surface area contributed by atoms with Gasteiger partial charge < -0.3 is 19.5 Å². The maximum atomic E-state index is 12.8. The molecule has 7 nitrogen and oxygen atoms in total. The van der Waals surface area contributed by atoms with Gasteiger partial charge in [0.25, 0.3) is 5.91 Å². The second-order valence-corrected chi connectivity index (χ2v) is 6.26. The Kier molecular flexibility index (Phi) is 6.24. The molecule has 1 saturated heterocycles. The lowest BCUT2D eigenvalue weighted by molar-refractivity contribution is -0.145. The van der Waals surface area contributed by atoms with Crippen LogP contribution in [0.2, 0.25) is 0 Å². The van der Waals surface area contributed by atoms with Crippen LogP contribution in [0.1, 0.15) is 22.3 Å². The maximum absolute atomic E-state index is 12.8. The number of cyclic esters (lactones) is 1. The lowest BCUT2D eigenvalue weighted by Gasteiger charge is -2.13. The predicted octanol–water partition coefficient (Wildman–Crippen LogP) is 3.20. The van der Waals surface area contributed by atoms with E-state index in [1.54, 1.807) is 12.1 Å². The van der Waals surface area contributed by atoms with E-state index in [9.17, 15) is 27.6 Å². The number of carbonyl (C=O) groups excluding carboxylic acids is 3. The summed E-state index contributed by atoms with van der Waals surface area (Å²) in [5.74, 6) is -2.17. The Hall–Kier alpha value is -3.56. The van der Waals surface area contributed by atoms with Crippen LogP contribution < -0.4 is 10.1 Å². The molecule has 1 fully saturated rings. The number of rotatable bonds is 6. The van der Waals surface area contributed by atoms with Crippen LogP contribution in [-0.4, -0.2) is 37.2 Å². The van der Waals surface area contributed by atoms with Gasteiger partial charge in [-0.15, -0.1) is 0 Å². The van der Waals surface area contributed by atoms with Gasteiger partial charge in [0.1, 0.15) is 11.3 Å². The average Bonchev–Trinajstić information content (AvgIpc) is 3.10. The molecule has 1 N–H and O–H groups in total.